The summed E-state index contributed by atoms with van der Waals surface area (Å²) in [6.45, 7) is 8.55. The summed E-state index contributed by atoms with van der Waals surface area (Å²) in [5, 5.41) is 11.7. The van der Waals surface area contributed by atoms with Crippen molar-refractivity contribution >= 4 is 34.7 Å². The highest BCUT2D eigenvalue weighted by molar-refractivity contribution is 6.31. The maximum atomic E-state index is 13.9. The van der Waals surface area contributed by atoms with Crippen molar-refractivity contribution in [1.82, 2.24) is 0 Å². The summed E-state index contributed by atoms with van der Waals surface area (Å²) in [5.74, 6) is 0.478. The highest BCUT2D eigenvalue weighted by Gasteiger charge is 2.45. The Hall–Kier alpha value is -3.72. The number of carbonyl (C=O) groups excluding carboxylic acids is 1. The number of aryl methyl sites for hydroxylation is 2. The zero-order chi connectivity index (χ0) is 28.8. The maximum absolute atomic E-state index is 13.9. The molecule has 2 N–H and O–H groups in total. The molecule has 0 bridgehead atoms. The Morgan fingerprint density at radius 2 is 1.75 bits per heavy atom. The topological polar surface area (TPSA) is 79.4 Å². The molecule has 0 aromatic heterocycles. The molecular weight excluding hydrogens is 541 g/mol. The highest BCUT2D eigenvalue weighted by atomic mass is 35.5. The summed E-state index contributed by atoms with van der Waals surface area (Å²) < 4.78 is 6.07. The van der Waals surface area contributed by atoms with Gasteiger partial charge >= 0.3 is 0 Å². The van der Waals surface area contributed by atoms with Gasteiger partial charge in [-0.2, -0.15) is 5.26 Å². The number of carbonyl (C=O) groups is 1. The second kappa shape index (κ2) is 10.7. The zero-order valence-electron chi connectivity index (χ0n) is 23.0. The van der Waals surface area contributed by atoms with Crippen LogP contribution in [0.1, 0.15) is 54.9 Å². The number of nitrogens with two attached hydrogens (primary N) is 1. The molecule has 1 atom stereocenters. The predicted molar refractivity (Wildman–Crippen MR) is 160 cm³/mol. The fraction of sp³-hybridized carbons (Fsp3) is 0.273. The Kier molecular flexibility index (Phi) is 7.44. The molecule has 1 aliphatic carbocycles. The lowest BCUT2D eigenvalue weighted by atomic mass is 9.68. The van der Waals surface area contributed by atoms with Crippen molar-refractivity contribution in [2.75, 3.05) is 4.90 Å². The van der Waals surface area contributed by atoms with E-state index in [1.54, 1.807) is 18.2 Å². The summed E-state index contributed by atoms with van der Waals surface area (Å²) in [6.07, 6.45) is 1.02. The molecule has 0 amide bonds. The second-order valence-corrected chi connectivity index (χ2v) is 12.2. The monoisotopic (exact) mass is 571 g/mol. The van der Waals surface area contributed by atoms with Crippen molar-refractivity contribution in [1.29, 1.82) is 5.26 Å². The molecule has 5 nitrogen and oxygen atoms in total. The molecule has 204 valence electrons. The molecule has 0 saturated carbocycles. The van der Waals surface area contributed by atoms with Crippen LogP contribution >= 0.6 is 23.2 Å². The Balaban J connectivity index is 1.66. The van der Waals surface area contributed by atoms with Crippen LogP contribution in [0.4, 0.5) is 5.69 Å². The SMILES string of the molecule is Cc1cc(C)c(C2C(C#N)=C(N)N(c3cccc(Cl)c3)C3=C2C(=O)CC(C)(C)C3)cc1COc1ccc(Cl)cc1. The number of benzene rings is 3. The van der Waals surface area contributed by atoms with Crippen molar-refractivity contribution in [2.45, 2.75) is 53.1 Å². The van der Waals surface area contributed by atoms with Gasteiger partial charge in [-0.05, 0) is 90.4 Å². The number of ketones is 1. The number of halogens is 2. The van der Waals surface area contributed by atoms with Crippen LogP contribution in [0.2, 0.25) is 10.0 Å². The van der Waals surface area contributed by atoms with Crippen LogP contribution in [0.3, 0.4) is 0 Å². The molecule has 7 heteroatoms. The van der Waals surface area contributed by atoms with Crippen LogP contribution in [0.15, 0.2) is 83.3 Å². The van der Waals surface area contributed by atoms with Gasteiger partial charge in [0.15, 0.2) is 5.78 Å². The van der Waals surface area contributed by atoms with Crippen molar-refractivity contribution in [3.8, 4) is 11.8 Å². The Bertz CT molecular complexity index is 1610. The van der Waals surface area contributed by atoms with E-state index >= 15 is 0 Å². The Labute approximate surface area is 245 Å². The first-order valence-corrected chi connectivity index (χ1v) is 13.9. The molecule has 1 unspecified atom stereocenters. The van der Waals surface area contributed by atoms with Crippen LogP contribution < -0.4 is 15.4 Å². The first-order chi connectivity index (χ1) is 19.0. The van der Waals surface area contributed by atoms with E-state index in [2.05, 4.69) is 32.0 Å². The van der Waals surface area contributed by atoms with Crippen molar-refractivity contribution < 1.29 is 9.53 Å². The van der Waals surface area contributed by atoms with Gasteiger partial charge in [0.05, 0.1) is 17.6 Å². The van der Waals surface area contributed by atoms with E-state index in [-0.39, 0.29) is 11.2 Å². The zero-order valence-corrected chi connectivity index (χ0v) is 24.5. The molecule has 0 spiro atoms. The third-order valence-electron chi connectivity index (χ3n) is 7.69. The van der Waals surface area contributed by atoms with Crippen LogP contribution in [0.25, 0.3) is 0 Å². The number of anilines is 1. The normalized spacial score (nSPS) is 18.5. The Morgan fingerprint density at radius 3 is 2.42 bits per heavy atom. The van der Waals surface area contributed by atoms with Gasteiger partial charge in [0.2, 0.25) is 0 Å². The number of hydrogen-bond acceptors (Lipinski definition) is 5. The number of nitriles is 1. The first-order valence-electron chi connectivity index (χ1n) is 13.2. The van der Waals surface area contributed by atoms with Gasteiger partial charge in [-0.15, -0.1) is 0 Å². The molecule has 2 aliphatic rings. The minimum Gasteiger partial charge on any atom is -0.489 e. The van der Waals surface area contributed by atoms with E-state index in [0.717, 1.165) is 33.6 Å². The Morgan fingerprint density at radius 1 is 1.02 bits per heavy atom. The van der Waals surface area contributed by atoms with Crippen molar-refractivity contribution in [2.24, 2.45) is 11.1 Å². The van der Waals surface area contributed by atoms with Crippen LogP contribution in [0, 0.1) is 30.6 Å². The average Bonchev–Trinajstić information content (AvgIpc) is 2.88. The van der Waals surface area contributed by atoms with E-state index in [4.69, 9.17) is 33.7 Å². The van der Waals surface area contributed by atoms with Crippen molar-refractivity contribution in [3.05, 3.63) is 116 Å². The first kappa shape index (κ1) is 27.8. The molecular formula is C33H31Cl2N3O2. The minimum atomic E-state index is -0.575. The van der Waals surface area contributed by atoms with Gasteiger partial charge in [-0.1, -0.05) is 55.2 Å². The van der Waals surface area contributed by atoms with Gasteiger partial charge in [0.1, 0.15) is 18.2 Å². The lowest BCUT2D eigenvalue weighted by molar-refractivity contribution is -0.118. The standard InChI is InChI=1S/C33H31Cl2N3O2/c1-19-12-20(2)26(13-21(19)18-40-25-10-8-22(34)9-11-25)30-27(17-36)32(37)38(24-7-5-6-23(35)14-24)28-15-33(3,4)16-29(39)31(28)30/h5-14,30H,15-16,18,37H2,1-4H3. The van der Waals surface area contributed by atoms with E-state index in [1.807, 2.05) is 49.1 Å². The van der Waals surface area contributed by atoms with Crippen molar-refractivity contribution in [3.63, 3.8) is 0 Å². The average molecular weight is 573 g/mol. The number of Topliss-reactive ketones (excluding diaryl/α,β-unsaturated/α-hetero) is 1. The van der Waals surface area contributed by atoms with Crippen LogP contribution in [-0.4, -0.2) is 5.78 Å². The molecule has 0 radical (unpaired) electrons. The van der Waals surface area contributed by atoms with Gasteiger partial charge < -0.3 is 10.5 Å². The van der Waals surface area contributed by atoms with Gasteiger partial charge in [0.25, 0.3) is 0 Å². The lowest BCUT2D eigenvalue weighted by Gasteiger charge is -2.44. The van der Waals surface area contributed by atoms with Gasteiger partial charge in [-0.25, -0.2) is 0 Å². The minimum absolute atomic E-state index is 0.0301. The number of allylic oxidation sites excluding steroid dienone is 3. The molecule has 1 aliphatic heterocycles. The van der Waals surface area contributed by atoms with Crippen LogP contribution in [0.5, 0.6) is 5.75 Å². The van der Waals surface area contributed by atoms with E-state index in [1.165, 1.54) is 0 Å². The third-order valence-corrected chi connectivity index (χ3v) is 8.18. The number of ether oxygens (including phenoxy) is 1. The second-order valence-electron chi connectivity index (χ2n) is 11.3. The smallest absolute Gasteiger partial charge is 0.162 e. The summed E-state index contributed by atoms with van der Waals surface area (Å²) in [7, 11) is 0. The molecule has 3 aromatic carbocycles. The highest BCUT2D eigenvalue weighted by Crippen LogP contribution is 2.51. The molecule has 0 saturated heterocycles. The third kappa shape index (κ3) is 5.22. The molecule has 5 rings (SSSR count). The number of hydrogen-bond donors (Lipinski definition) is 1. The molecule has 3 aromatic rings. The summed E-state index contributed by atoms with van der Waals surface area (Å²) in [5.41, 5.74) is 13.0. The number of rotatable bonds is 5. The fourth-order valence-corrected chi connectivity index (χ4v) is 6.12. The fourth-order valence-electron chi connectivity index (χ4n) is 5.80. The van der Waals surface area contributed by atoms with Gasteiger partial charge in [-0.3, -0.25) is 9.69 Å². The summed E-state index contributed by atoms with van der Waals surface area (Å²) >= 11 is 12.4. The number of nitrogens with zero attached hydrogens (tertiary/aromatic N) is 2. The van der Waals surface area contributed by atoms with E-state index in [0.29, 0.717) is 52.2 Å². The lowest BCUT2D eigenvalue weighted by Crippen LogP contribution is -2.42. The van der Waals surface area contributed by atoms with Crippen LogP contribution in [-0.2, 0) is 11.4 Å². The quantitative estimate of drug-likeness (QED) is 0.334. The predicted octanol–water partition coefficient (Wildman–Crippen LogP) is 8.13. The summed E-state index contributed by atoms with van der Waals surface area (Å²) in [4.78, 5) is 15.8. The maximum Gasteiger partial charge on any atom is 0.162 e. The van der Waals surface area contributed by atoms with E-state index < -0.39 is 5.92 Å². The van der Waals surface area contributed by atoms with Gasteiger partial charge in [0, 0.05) is 33.4 Å². The molecule has 0 fully saturated rings. The molecule has 40 heavy (non-hydrogen) atoms. The largest absolute Gasteiger partial charge is 0.489 e. The molecule has 1 heterocycles. The van der Waals surface area contributed by atoms with E-state index in [9.17, 15) is 10.1 Å². The summed E-state index contributed by atoms with van der Waals surface area (Å²) in [6, 6.07) is 21.1.